The first-order valence-corrected chi connectivity index (χ1v) is 13.5. The van der Waals surface area contributed by atoms with E-state index in [1.54, 1.807) is 30.3 Å². The van der Waals surface area contributed by atoms with Crippen LogP contribution in [0.3, 0.4) is 0 Å². The number of nitrogens with two attached hydrogens (primary N) is 1. The maximum atomic E-state index is 15.1. The van der Waals surface area contributed by atoms with Crippen molar-refractivity contribution in [2.45, 2.75) is 31.2 Å². The second kappa shape index (κ2) is 11.0. The number of allylic oxidation sites excluding steroid dienone is 3. The van der Waals surface area contributed by atoms with Crippen molar-refractivity contribution < 1.29 is 27.1 Å². The molecule has 0 aromatic heterocycles. The van der Waals surface area contributed by atoms with Gasteiger partial charge in [-0.05, 0) is 60.4 Å². The van der Waals surface area contributed by atoms with E-state index in [9.17, 15) is 18.0 Å². The van der Waals surface area contributed by atoms with Crippen LogP contribution in [0, 0.1) is 5.82 Å². The number of urea groups is 1. The number of primary sulfonamides is 1. The monoisotopic (exact) mass is 548 g/mol. The van der Waals surface area contributed by atoms with Gasteiger partial charge in [0.05, 0.1) is 10.6 Å². The van der Waals surface area contributed by atoms with E-state index >= 15 is 4.39 Å². The first-order chi connectivity index (χ1) is 17.6. The normalized spacial score (nSPS) is 17.3. The highest BCUT2D eigenvalue weighted by Crippen LogP contribution is 2.33. The summed E-state index contributed by atoms with van der Waals surface area (Å²) in [7, 11) is -3.99. The number of anilines is 2. The van der Waals surface area contributed by atoms with Gasteiger partial charge in [-0.3, -0.25) is 4.79 Å². The number of benzene rings is 2. The number of hydrogen-bond donors (Lipinski definition) is 4. The average molecular weight is 549 g/mol. The van der Waals surface area contributed by atoms with Crippen LogP contribution in [-0.4, -0.2) is 39.1 Å². The lowest BCUT2D eigenvalue weighted by Gasteiger charge is -2.36. The highest BCUT2D eigenvalue weighted by molar-refractivity contribution is 7.93. The largest absolute Gasteiger partial charge is 0.381 e. The van der Waals surface area contributed by atoms with Crippen molar-refractivity contribution in [3.63, 3.8) is 0 Å². The van der Waals surface area contributed by atoms with Gasteiger partial charge in [-0.15, -0.1) is 0 Å². The standard InChI is InChI=1S/C25H26ClFN4O5S/c26-17-6-8-18(9-7-17)29-24(33)31-25(11-13-36-14-12-25)23(32)30-21-10-5-16(15-20(21)27)19-3-1-2-4-22(19)37(28,34)35/h3-10,15H,1-2,11-14H2,(H,30,32)(H2,28,34,35)(H2,29,31,33). The van der Waals surface area contributed by atoms with Gasteiger partial charge < -0.3 is 20.7 Å². The summed E-state index contributed by atoms with van der Waals surface area (Å²) in [6.07, 6.45) is 4.66. The molecule has 9 nitrogen and oxygen atoms in total. The molecule has 5 N–H and O–H groups in total. The number of halogens is 2. The molecule has 1 heterocycles. The lowest BCUT2D eigenvalue weighted by Crippen LogP contribution is -2.60. The molecular weight excluding hydrogens is 523 g/mol. The summed E-state index contributed by atoms with van der Waals surface area (Å²) < 4.78 is 44.4. The first-order valence-electron chi connectivity index (χ1n) is 11.5. The molecule has 2 aromatic carbocycles. The Morgan fingerprint density at radius 2 is 1.68 bits per heavy atom. The van der Waals surface area contributed by atoms with E-state index in [4.69, 9.17) is 21.5 Å². The summed E-state index contributed by atoms with van der Waals surface area (Å²) >= 11 is 5.87. The highest BCUT2D eigenvalue weighted by atomic mass is 35.5. The van der Waals surface area contributed by atoms with Gasteiger partial charge >= 0.3 is 6.03 Å². The number of ether oxygens (including phenoxy) is 1. The third-order valence-electron chi connectivity index (χ3n) is 6.18. The van der Waals surface area contributed by atoms with Crippen molar-refractivity contribution in [2.75, 3.05) is 23.8 Å². The molecule has 1 aliphatic carbocycles. The predicted molar refractivity (Wildman–Crippen MR) is 140 cm³/mol. The van der Waals surface area contributed by atoms with E-state index in [0.717, 1.165) is 6.07 Å². The van der Waals surface area contributed by atoms with E-state index in [-0.39, 0.29) is 36.6 Å². The third kappa shape index (κ3) is 6.37. The second-order valence-electron chi connectivity index (χ2n) is 8.74. The molecule has 3 amide bonds. The Bertz CT molecular complexity index is 1370. The van der Waals surface area contributed by atoms with E-state index in [0.29, 0.717) is 34.7 Å². The van der Waals surface area contributed by atoms with Gasteiger partial charge in [-0.2, -0.15) is 0 Å². The molecule has 0 atom stereocenters. The number of carbonyl (C=O) groups is 2. The van der Waals surface area contributed by atoms with Crippen molar-refractivity contribution >= 4 is 50.5 Å². The van der Waals surface area contributed by atoms with Gasteiger partial charge in [0.25, 0.3) is 0 Å². The maximum Gasteiger partial charge on any atom is 0.320 e. The Morgan fingerprint density at radius 3 is 2.32 bits per heavy atom. The Labute approximate surface area is 218 Å². The molecule has 12 heteroatoms. The Kier molecular flexibility index (Phi) is 7.98. The molecule has 1 aliphatic heterocycles. The van der Waals surface area contributed by atoms with Gasteiger partial charge in [0.15, 0.2) is 0 Å². The van der Waals surface area contributed by atoms with Crippen molar-refractivity contribution in [2.24, 2.45) is 5.14 Å². The Hall–Kier alpha value is -3.25. The van der Waals surface area contributed by atoms with Gasteiger partial charge in [-0.1, -0.05) is 29.8 Å². The minimum atomic E-state index is -3.99. The van der Waals surface area contributed by atoms with Crippen molar-refractivity contribution in [3.05, 3.63) is 75.9 Å². The predicted octanol–water partition coefficient (Wildman–Crippen LogP) is 4.14. The fourth-order valence-corrected chi connectivity index (χ4v) is 5.23. The van der Waals surface area contributed by atoms with Crippen LogP contribution in [-0.2, 0) is 19.6 Å². The molecule has 0 radical (unpaired) electrons. The number of carbonyl (C=O) groups excluding carboxylic acids is 2. The summed E-state index contributed by atoms with van der Waals surface area (Å²) in [6, 6.07) is 9.86. The number of nitrogens with one attached hydrogen (secondary N) is 3. The SMILES string of the molecule is NS(=O)(=O)C1=CCCC=C1c1ccc(NC(=O)C2(NC(=O)Nc3ccc(Cl)cc3)CCOCC2)c(F)c1. The molecular formula is C25H26ClFN4O5S. The zero-order chi connectivity index (χ0) is 26.6. The molecule has 0 spiro atoms. The summed E-state index contributed by atoms with van der Waals surface area (Å²) in [5.41, 5.74) is -0.341. The van der Waals surface area contributed by atoms with E-state index in [1.807, 2.05) is 0 Å². The van der Waals surface area contributed by atoms with Crippen molar-refractivity contribution in [3.8, 4) is 0 Å². The van der Waals surface area contributed by atoms with Gasteiger partial charge in [0.2, 0.25) is 15.9 Å². The molecule has 4 rings (SSSR count). The molecule has 1 fully saturated rings. The van der Waals surface area contributed by atoms with Crippen LogP contribution < -0.4 is 21.1 Å². The molecule has 2 aromatic rings. The summed E-state index contributed by atoms with van der Waals surface area (Å²) in [6.45, 7) is 0.458. The zero-order valence-electron chi connectivity index (χ0n) is 19.7. The van der Waals surface area contributed by atoms with Gasteiger partial charge in [0, 0.05) is 36.8 Å². The van der Waals surface area contributed by atoms with E-state index in [2.05, 4.69) is 16.0 Å². The van der Waals surface area contributed by atoms with Crippen LogP contribution >= 0.6 is 11.6 Å². The summed E-state index contributed by atoms with van der Waals surface area (Å²) in [5.74, 6) is -1.37. The maximum absolute atomic E-state index is 15.1. The van der Waals surface area contributed by atoms with E-state index in [1.165, 1.54) is 18.2 Å². The zero-order valence-corrected chi connectivity index (χ0v) is 21.3. The third-order valence-corrected chi connectivity index (χ3v) is 7.43. The van der Waals surface area contributed by atoms with Crippen LogP contribution in [0.4, 0.5) is 20.6 Å². The fourth-order valence-electron chi connectivity index (χ4n) is 4.25. The minimum Gasteiger partial charge on any atom is -0.381 e. The van der Waals surface area contributed by atoms with Crippen LogP contribution in [0.5, 0.6) is 0 Å². The second-order valence-corrected chi connectivity index (χ2v) is 10.7. The fraction of sp³-hybridized carbons (Fsp3) is 0.280. The number of hydrogen-bond acceptors (Lipinski definition) is 5. The van der Waals surface area contributed by atoms with Gasteiger partial charge in [-0.25, -0.2) is 22.7 Å². The van der Waals surface area contributed by atoms with Crippen molar-refractivity contribution in [1.82, 2.24) is 5.32 Å². The van der Waals surface area contributed by atoms with Crippen LogP contribution in [0.15, 0.2) is 59.5 Å². The van der Waals surface area contributed by atoms with Crippen molar-refractivity contribution in [1.29, 1.82) is 0 Å². The molecule has 37 heavy (non-hydrogen) atoms. The Morgan fingerprint density at radius 1 is 1.00 bits per heavy atom. The number of rotatable bonds is 6. The lowest BCUT2D eigenvalue weighted by atomic mass is 9.88. The summed E-state index contributed by atoms with van der Waals surface area (Å²) in [5, 5.41) is 13.8. The molecule has 0 unspecified atom stereocenters. The van der Waals surface area contributed by atoms with Gasteiger partial charge in [0.1, 0.15) is 11.4 Å². The Balaban J connectivity index is 1.52. The molecule has 2 aliphatic rings. The quantitative estimate of drug-likeness (QED) is 0.429. The smallest absolute Gasteiger partial charge is 0.320 e. The number of amides is 3. The molecule has 1 saturated heterocycles. The summed E-state index contributed by atoms with van der Waals surface area (Å²) in [4.78, 5) is 26.0. The minimum absolute atomic E-state index is 0.0630. The van der Waals surface area contributed by atoms with Crippen LogP contribution in [0.1, 0.15) is 31.2 Å². The average Bonchev–Trinajstić information content (AvgIpc) is 2.86. The van der Waals surface area contributed by atoms with Crippen LogP contribution in [0.25, 0.3) is 5.57 Å². The van der Waals surface area contributed by atoms with E-state index < -0.39 is 33.3 Å². The topological polar surface area (TPSA) is 140 Å². The van der Waals surface area contributed by atoms with Crippen LogP contribution in [0.2, 0.25) is 5.02 Å². The number of sulfonamides is 1. The molecule has 0 saturated carbocycles. The molecule has 196 valence electrons. The first kappa shape index (κ1) is 26.8. The highest BCUT2D eigenvalue weighted by Gasteiger charge is 2.42. The lowest BCUT2D eigenvalue weighted by molar-refractivity contribution is -0.125. The molecule has 0 bridgehead atoms.